The molecule has 7 heteroatoms. The van der Waals surface area contributed by atoms with E-state index in [2.05, 4.69) is 9.97 Å². The molecule has 0 radical (unpaired) electrons. The number of aromatic nitrogens is 2. The number of fused-ring (bicyclic) bond motifs is 2. The number of thiazole rings is 1. The summed E-state index contributed by atoms with van der Waals surface area (Å²) in [5, 5.41) is 2.52. The Morgan fingerprint density at radius 2 is 2.09 bits per heavy atom. The van der Waals surface area contributed by atoms with Crippen molar-refractivity contribution in [3.05, 3.63) is 52.2 Å². The Morgan fingerprint density at radius 1 is 1.23 bits per heavy atom. The first kappa shape index (κ1) is 13.8. The third kappa shape index (κ3) is 2.05. The predicted molar refractivity (Wildman–Crippen MR) is 85.0 cm³/mol. The molecule has 0 atom stereocenters. The Labute approximate surface area is 132 Å². The van der Waals surface area contributed by atoms with E-state index >= 15 is 0 Å². The van der Waals surface area contributed by atoms with Gasteiger partial charge in [-0.1, -0.05) is 12.1 Å². The molecular formula is C15H13N3O2S2. The summed E-state index contributed by atoms with van der Waals surface area (Å²) in [6.07, 6.45) is 3.30. The minimum Gasteiger partial charge on any atom is -0.264 e. The summed E-state index contributed by atoms with van der Waals surface area (Å²) < 4.78 is 27.5. The Balaban J connectivity index is 1.79. The van der Waals surface area contributed by atoms with Gasteiger partial charge < -0.3 is 0 Å². The second kappa shape index (κ2) is 4.84. The Morgan fingerprint density at radius 3 is 2.91 bits per heavy atom. The molecule has 0 saturated carbocycles. The minimum absolute atomic E-state index is 0.333. The van der Waals surface area contributed by atoms with Gasteiger partial charge in [0.2, 0.25) is 10.0 Å². The highest BCUT2D eigenvalue weighted by Gasteiger charge is 2.33. The van der Waals surface area contributed by atoms with Gasteiger partial charge in [0.05, 0.1) is 28.7 Å². The number of rotatable bonds is 2. The van der Waals surface area contributed by atoms with Gasteiger partial charge in [-0.05, 0) is 19.1 Å². The van der Waals surface area contributed by atoms with E-state index in [0.717, 1.165) is 21.0 Å². The monoisotopic (exact) mass is 331 g/mol. The van der Waals surface area contributed by atoms with Gasteiger partial charge in [-0.2, -0.15) is 4.31 Å². The molecule has 0 fully saturated rings. The molecule has 0 spiro atoms. The van der Waals surface area contributed by atoms with E-state index in [4.69, 9.17) is 0 Å². The molecule has 0 bridgehead atoms. The zero-order chi connectivity index (χ0) is 15.3. The predicted octanol–water partition coefficient (Wildman–Crippen LogP) is 2.70. The fraction of sp³-hybridized carbons (Fsp3) is 0.200. The van der Waals surface area contributed by atoms with E-state index in [1.54, 1.807) is 41.9 Å². The van der Waals surface area contributed by atoms with Crippen molar-refractivity contribution < 1.29 is 8.42 Å². The van der Waals surface area contributed by atoms with Crippen molar-refractivity contribution >= 4 is 32.1 Å². The van der Waals surface area contributed by atoms with Crippen LogP contribution in [0.1, 0.15) is 15.6 Å². The van der Waals surface area contributed by atoms with Gasteiger partial charge in [0.15, 0.2) is 0 Å². The molecule has 0 amide bonds. The van der Waals surface area contributed by atoms with Crippen LogP contribution in [0.3, 0.4) is 0 Å². The van der Waals surface area contributed by atoms with Crippen LogP contribution in [0.5, 0.6) is 0 Å². The maximum absolute atomic E-state index is 13.0. The molecule has 4 rings (SSSR count). The maximum Gasteiger partial charge on any atom is 0.244 e. The number of sulfonamides is 1. The highest BCUT2D eigenvalue weighted by molar-refractivity contribution is 7.89. The van der Waals surface area contributed by atoms with Crippen molar-refractivity contribution in [1.82, 2.24) is 14.3 Å². The van der Waals surface area contributed by atoms with Gasteiger partial charge in [0, 0.05) is 28.0 Å². The van der Waals surface area contributed by atoms with E-state index in [1.807, 2.05) is 13.0 Å². The summed E-state index contributed by atoms with van der Waals surface area (Å²) in [5.74, 6) is 0. The van der Waals surface area contributed by atoms with Crippen molar-refractivity contribution in [3.8, 4) is 0 Å². The Kier molecular flexibility index (Phi) is 3.04. The molecule has 1 aromatic carbocycles. The van der Waals surface area contributed by atoms with Crippen LogP contribution >= 0.6 is 11.3 Å². The summed E-state index contributed by atoms with van der Waals surface area (Å²) in [7, 11) is -3.54. The lowest BCUT2D eigenvalue weighted by molar-refractivity contribution is 0.431. The fourth-order valence-corrected chi connectivity index (χ4v) is 5.40. The highest BCUT2D eigenvalue weighted by Crippen LogP contribution is 2.33. The van der Waals surface area contributed by atoms with Crippen molar-refractivity contribution in [2.45, 2.75) is 24.9 Å². The fourth-order valence-electron chi connectivity index (χ4n) is 2.77. The van der Waals surface area contributed by atoms with Crippen LogP contribution in [0.4, 0.5) is 0 Å². The van der Waals surface area contributed by atoms with Gasteiger partial charge in [0.25, 0.3) is 0 Å². The Hall–Kier alpha value is -1.83. The average Bonchev–Trinajstić information content (AvgIpc) is 3.04. The highest BCUT2D eigenvalue weighted by atomic mass is 32.2. The van der Waals surface area contributed by atoms with Crippen LogP contribution in [-0.2, 0) is 23.1 Å². The van der Waals surface area contributed by atoms with Crippen LogP contribution in [0.25, 0.3) is 10.8 Å². The second-order valence-electron chi connectivity index (χ2n) is 5.23. The van der Waals surface area contributed by atoms with Crippen LogP contribution in [-0.4, -0.2) is 22.7 Å². The first-order valence-corrected chi connectivity index (χ1v) is 9.09. The van der Waals surface area contributed by atoms with Crippen molar-refractivity contribution in [2.24, 2.45) is 0 Å². The molecular weight excluding hydrogens is 318 g/mol. The van der Waals surface area contributed by atoms with Gasteiger partial charge in [0.1, 0.15) is 0 Å². The van der Waals surface area contributed by atoms with E-state index in [1.165, 1.54) is 4.31 Å². The van der Waals surface area contributed by atoms with E-state index in [9.17, 15) is 8.42 Å². The lowest BCUT2D eigenvalue weighted by Gasteiger charge is -2.17. The quantitative estimate of drug-likeness (QED) is 0.724. The molecule has 1 aliphatic rings. The van der Waals surface area contributed by atoms with Crippen molar-refractivity contribution in [2.75, 3.05) is 0 Å². The average molecular weight is 331 g/mol. The molecule has 1 aliphatic heterocycles. The van der Waals surface area contributed by atoms with Gasteiger partial charge in [-0.25, -0.2) is 13.4 Å². The first-order chi connectivity index (χ1) is 10.6. The second-order valence-corrected chi connectivity index (χ2v) is 8.42. The summed E-state index contributed by atoms with van der Waals surface area (Å²) in [6, 6.07) is 7.03. The zero-order valence-corrected chi connectivity index (χ0v) is 13.5. The van der Waals surface area contributed by atoms with E-state index in [-0.39, 0.29) is 0 Å². The van der Waals surface area contributed by atoms with Crippen molar-refractivity contribution in [1.29, 1.82) is 0 Å². The largest absolute Gasteiger partial charge is 0.264 e. The van der Waals surface area contributed by atoms with Gasteiger partial charge in [-0.3, -0.25) is 4.98 Å². The summed E-state index contributed by atoms with van der Waals surface area (Å²) >= 11 is 1.57. The Bertz CT molecular complexity index is 951. The van der Waals surface area contributed by atoms with E-state index < -0.39 is 10.0 Å². The van der Waals surface area contributed by atoms with Crippen LogP contribution in [0.2, 0.25) is 0 Å². The standard InChI is InChI=1S/C15H13N3O2S2/c1-10-17-13-8-18(9-14(13)21-10)22(19,20)15-4-2-3-11-7-16-6-5-12(11)15/h2-7H,8-9H2,1H3. The van der Waals surface area contributed by atoms with Crippen LogP contribution in [0, 0.1) is 6.92 Å². The van der Waals surface area contributed by atoms with Crippen LogP contribution in [0.15, 0.2) is 41.6 Å². The molecule has 3 aromatic rings. The lowest BCUT2D eigenvalue weighted by atomic mass is 10.2. The number of aryl methyl sites for hydroxylation is 1. The molecule has 3 heterocycles. The molecule has 0 aliphatic carbocycles. The zero-order valence-electron chi connectivity index (χ0n) is 11.9. The van der Waals surface area contributed by atoms with Gasteiger partial charge >= 0.3 is 0 Å². The molecule has 22 heavy (non-hydrogen) atoms. The molecule has 0 N–H and O–H groups in total. The van der Waals surface area contributed by atoms with Crippen molar-refractivity contribution in [3.63, 3.8) is 0 Å². The molecule has 0 saturated heterocycles. The maximum atomic E-state index is 13.0. The topological polar surface area (TPSA) is 63.2 Å². The number of benzene rings is 1. The molecule has 5 nitrogen and oxygen atoms in total. The smallest absolute Gasteiger partial charge is 0.244 e. The normalized spacial score (nSPS) is 15.3. The minimum atomic E-state index is -3.54. The van der Waals surface area contributed by atoms with E-state index in [0.29, 0.717) is 23.4 Å². The summed E-state index contributed by atoms with van der Waals surface area (Å²) in [4.78, 5) is 9.84. The SMILES string of the molecule is Cc1nc2c(s1)CN(S(=O)(=O)c1cccc3cnccc13)C2. The number of hydrogen-bond donors (Lipinski definition) is 0. The molecule has 112 valence electrons. The van der Waals surface area contributed by atoms with Gasteiger partial charge in [-0.15, -0.1) is 11.3 Å². The third-order valence-electron chi connectivity index (χ3n) is 3.79. The first-order valence-electron chi connectivity index (χ1n) is 6.84. The summed E-state index contributed by atoms with van der Waals surface area (Å²) in [6.45, 7) is 2.70. The molecule has 2 aromatic heterocycles. The third-order valence-corrected chi connectivity index (χ3v) is 6.64. The van der Waals surface area contributed by atoms with Crippen LogP contribution < -0.4 is 0 Å². The lowest BCUT2D eigenvalue weighted by Crippen LogP contribution is -2.26. The number of pyridine rings is 1. The number of hydrogen-bond acceptors (Lipinski definition) is 5. The molecule has 0 unspecified atom stereocenters. The number of nitrogens with zero attached hydrogens (tertiary/aromatic N) is 3. The summed E-state index contributed by atoms with van der Waals surface area (Å²) in [5.41, 5.74) is 0.882.